The molecule has 0 atom stereocenters. The van der Waals surface area contributed by atoms with Gasteiger partial charge in [0, 0.05) is 6.04 Å². The molecular weight excluding hydrogens is 248 g/mol. The van der Waals surface area contributed by atoms with E-state index in [0.717, 1.165) is 12.8 Å². The number of rotatable bonds is 4. The lowest BCUT2D eigenvalue weighted by molar-refractivity contribution is 0.270. The Morgan fingerprint density at radius 2 is 2.06 bits per heavy atom. The van der Waals surface area contributed by atoms with E-state index < -0.39 is 10.0 Å². The monoisotopic (exact) mass is 264 g/mol. The molecular formula is C13H16N2O2S. The first kappa shape index (κ1) is 13.1. The van der Waals surface area contributed by atoms with Crippen LogP contribution in [0.15, 0.2) is 24.3 Å². The average Bonchev–Trinajstić information content (AvgIpc) is 2.27. The zero-order chi connectivity index (χ0) is 13.2. The Morgan fingerprint density at radius 3 is 2.67 bits per heavy atom. The minimum atomic E-state index is -3.35. The van der Waals surface area contributed by atoms with Crippen molar-refractivity contribution in [3.8, 4) is 6.07 Å². The van der Waals surface area contributed by atoms with Crippen LogP contribution in [0.2, 0.25) is 0 Å². The normalized spacial score (nSPS) is 23.1. The van der Waals surface area contributed by atoms with Gasteiger partial charge in [-0.15, -0.1) is 0 Å². The van der Waals surface area contributed by atoms with Gasteiger partial charge in [-0.1, -0.05) is 25.1 Å². The molecule has 0 saturated heterocycles. The van der Waals surface area contributed by atoms with Crippen LogP contribution in [0.25, 0.3) is 0 Å². The van der Waals surface area contributed by atoms with Crippen LogP contribution >= 0.6 is 0 Å². The van der Waals surface area contributed by atoms with Gasteiger partial charge in [0.2, 0.25) is 10.0 Å². The second-order valence-corrected chi connectivity index (χ2v) is 6.67. The van der Waals surface area contributed by atoms with E-state index in [1.54, 1.807) is 24.3 Å². The van der Waals surface area contributed by atoms with Gasteiger partial charge in [-0.25, -0.2) is 13.1 Å². The SMILES string of the molecule is CC1CC(NS(=O)(=O)Cc2ccccc2C#N)C1. The summed E-state index contributed by atoms with van der Waals surface area (Å²) in [7, 11) is -3.35. The third-order valence-corrected chi connectivity index (χ3v) is 4.59. The molecule has 5 heteroatoms. The Hall–Kier alpha value is -1.38. The van der Waals surface area contributed by atoms with Crippen molar-refractivity contribution < 1.29 is 8.42 Å². The number of hydrogen-bond donors (Lipinski definition) is 1. The van der Waals surface area contributed by atoms with Gasteiger partial charge in [0.05, 0.1) is 17.4 Å². The van der Waals surface area contributed by atoms with Crippen molar-refractivity contribution in [3.63, 3.8) is 0 Å². The molecule has 0 aliphatic heterocycles. The molecule has 1 fully saturated rings. The van der Waals surface area contributed by atoms with Crippen LogP contribution in [-0.4, -0.2) is 14.5 Å². The molecule has 0 bridgehead atoms. The second-order valence-electron chi connectivity index (χ2n) is 4.92. The first-order valence-electron chi connectivity index (χ1n) is 5.98. The molecule has 18 heavy (non-hydrogen) atoms. The highest BCUT2D eigenvalue weighted by Gasteiger charge is 2.29. The van der Waals surface area contributed by atoms with E-state index >= 15 is 0 Å². The lowest BCUT2D eigenvalue weighted by Crippen LogP contribution is -2.43. The maximum absolute atomic E-state index is 12.0. The molecule has 96 valence electrons. The van der Waals surface area contributed by atoms with Crippen LogP contribution in [0, 0.1) is 17.2 Å². The smallest absolute Gasteiger partial charge is 0.212 e. The van der Waals surface area contributed by atoms with E-state index in [2.05, 4.69) is 11.6 Å². The summed E-state index contributed by atoms with van der Waals surface area (Å²) in [5.41, 5.74) is 0.977. The molecule has 1 aliphatic rings. The van der Waals surface area contributed by atoms with Gasteiger partial charge >= 0.3 is 0 Å². The number of benzene rings is 1. The van der Waals surface area contributed by atoms with Gasteiger partial charge in [-0.05, 0) is 30.4 Å². The van der Waals surface area contributed by atoms with Crippen molar-refractivity contribution >= 4 is 10.0 Å². The average molecular weight is 264 g/mol. The minimum absolute atomic E-state index is 0.0687. The number of hydrogen-bond acceptors (Lipinski definition) is 3. The highest BCUT2D eigenvalue weighted by Crippen LogP contribution is 2.27. The summed E-state index contributed by atoms with van der Waals surface area (Å²) in [6.07, 6.45) is 1.80. The highest BCUT2D eigenvalue weighted by atomic mass is 32.2. The third kappa shape index (κ3) is 3.09. The number of nitrogens with one attached hydrogen (secondary N) is 1. The largest absolute Gasteiger partial charge is 0.216 e. The molecule has 0 spiro atoms. The molecule has 0 amide bonds. The van der Waals surface area contributed by atoms with Crippen molar-refractivity contribution in [2.75, 3.05) is 0 Å². The second kappa shape index (κ2) is 5.09. The van der Waals surface area contributed by atoms with Crippen molar-refractivity contribution in [1.82, 2.24) is 4.72 Å². The van der Waals surface area contributed by atoms with E-state index in [4.69, 9.17) is 5.26 Å². The van der Waals surface area contributed by atoms with Crippen molar-refractivity contribution in [3.05, 3.63) is 35.4 Å². The minimum Gasteiger partial charge on any atom is -0.212 e. The fraction of sp³-hybridized carbons (Fsp3) is 0.462. The predicted molar refractivity (Wildman–Crippen MR) is 69.1 cm³/mol. The Bertz CT molecular complexity index is 569. The van der Waals surface area contributed by atoms with E-state index in [1.807, 2.05) is 6.07 Å². The molecule has 1 aliphatic carbocycles. The topological polar surface area (TPSA) is 70.0 Å². The number of nitrogens with zero attached hydrogens (tertiary/aromatic N) is 1. The summed E-state index contributed by atoms with van der Waals surface area (Å²) in [6, 6.07) is 8.88. The van der Waals surface area contributed by atoms with Crippen molar-refractivity contribution in [1.29, 1.82) is 5.26 Å². The molecule has 0 radical (unpaired) electrons. The Morgan fingerprint density at radius 1 is 1.39 bits per heavy atom. The summed E-state index contributed by atoms with van der Waals surface area (Å²) in [4.78, 5) is 0. The molecule has 0 heterocycles. The molecule has 1 saturated carbocycles. The molecule has 0 unspecified atom stereocenters. The van der Waals surface area contributed by atoms with Crippen molar-refractivity contribution in [2.24, 2.45) is 5.92 Å². The maximum Gasteiger partial charge on any atom is 0.216 e. The summed E-state index contributed by atoms with van der Waals surface area (Å²) >= 11 is 0. The van der Waals surface area contributed by atoms with Gasteiger partial charge in [0.25, 0.3) is 0 Å². The van der Waals surface area contributed by atoms with Gasteiger partial charge in [-0.3, -0.25) is 0 Å². The highest BCUT2D eigenvalue weighted by molar-refractivity contribution is 7.88. The lowest BCUT2D eigenvalue weighted by Gasteiger charge is -2.32. The lowest BCUT2D eigenvalue weighted by atomic mass is 9.83. The molecule has 4 nitrogen and oxygen atoms in total. The van der Waals surface area contributed by atoms with E-state index in [-0.39, 0.29) is 11.8 Å². The van der Waals surface area contributed by atoms with E-state index in [1.165, 1.54) is 0 Å². The Labute approximate surface area is 108 Å². The molecule has 2 rings (SSSR count). The van der Waals surface area contributed by atoms with Gasteiger partial charge < -0.3 is 0 Å². The van der Waals surface area contributed by atoms with E-state index in [0.29, 0.717) is 17.0 Å². The van der Waals surface area contributed by atoms with Crippen molar-refractivity contribution in [2.45, 2.75) is 31.6 Å². The molecule has 0 aromatic heterocycles. The fourth-order valence-electron chi connectivity index (χ4n) is 2.25. The van der Waals surface area contributed by atoms with Crippen LogP contribution in [0.4, 0.5) is 0 Å². The Kier molecular flexibility index (Phi) is 3.69. The third-order valence-electron chi connectivity index (χ3n) is 3.20. The first-order valence-corrected chi connectivity index (χ1v) is 7.63. The standard InChI is InChI=1S/C13H16N2O2S/c1-10-6-13(7-10)15-18(16,17)9-12-5-3-2-4-11(12)8-14/h2-5,10,13,15H,6-7,9H2,1H3. The van der Waals surface area contributed by atoms with E-state index in [9.17, 15) is 8.42 Å². The maximum atomic E-state index is 12.0. The summed E-state index contributed by atoms with van der Waals surface area (Å²) in [6.45, 7) is 2.11. The van der Waals surface area contributed by atoms with Crippen LogP contribution < -0.4 is 4.72 Å². The zero-order valence-corrected chi connectivity index (χ0v) is 11.1. The van der Waals surface area contributed by atoms with Crippen LogP contribution in [0.1, 0.15) is 30.9 Å². The quantitative estimate of drug-likeness (QED) is 0.901. The predicted octanol–water partition coefficient (Wildman–Crippen LogP) is 1.78. The fourth-order valence-corrected chi connectivity index (χ4v) is 3.70. The number of nitriles is 1. The zero-order valence-electron chi connectivity index (χ0n) is 10.3. The summed E-state index contributed by atoms with van der Waals surface area (Å²) in [5, 5.41) is 8.92. The van der Waals surface area contributed by atoms with Gasteiger partial charge in [0.1, 0.15) is 0 Å². The molecule has 1 N–H and O–H groups in total. The summed E-state index contributed by atoms with van der Waals surface area (Å²) in [5.74, 6) is 0.478. The summed E-state index contributed by atoms with van der Waals surface area (Å²) < 4.78 is 26.6. The first-order chi connectivity index (χ1) is 8.50. The van der Waals surface area contributed by atoms with Gasteiger partial charge in [0.15, 0.2) is 0 Å². The molecule has 1 aromatic carbocycles. The number of sulfonamides is 1. The Balaban J connectivity index is 2.06. The van der Waals surface area contributed by atoms with Gasteiger partial charge in [-0.2, -0.15) is 5.26 Å². The molecule has 1 aromatic rings. The van der Waals surface area contributed by atoms with Crippen LogP contribution in [0.3, 0.4) is 0 Å². The van der Waals surface area contributed by atoms with Crippen LogP contribution in [-0.2, 0) is 15.8 Å². The van der Waals surface area contributed by atoms with Crippen LogP contribution in [0.5, 0.6) is 0 Å².